The maximum absolute atomic E-state index is 6.29. The van der Waals surface area contributed by atoms with Gasteiger partial charge in [-0.05, 0) is 6.07 Å². The second kappa shape index (κ2) is 5.55. The number of hydrogen-bond acceptors (Lipinski definition) is 5. The fraction of sp³-hybridized carbons (Fsp3) is 0.267. The van der Waals surface area contributed by atoms with E-state index in [4.69, 9.17) is 16.3 Å². The molecule has 0 aliphatic carbocycles. The van der Waals surface area contributed by atoms with Crippen LogP contribution >= 0.6 is 11.6 Å². The average Bonchev–Trinajstić information content (AvgIpc) is 3.04. The van der Waals surface area contributed by atoms with Crippen LogP contribution in [0, 0.1) is 0 Å². The van der Waals surface area contributed by atoms with Crippen molar-refractivity contribution in [1.82, 2.24) is 19.9 Å². The van der Waals surface area contributed by atoms with Crippen LogP contribution in [0.5, 0.6) is 0 Å². The molecule has 0 radical (unpaired) electrons. The molecule has 0 bridgehead atoms. The number of hydrogen-bond donors (Lipinski definition) is 1. The zero-order chi connectivity index (χ0) is 14.9. The number of nitrogens with one attached hydrogen (secondary N) is 1. The number of rotatable bonds is 2. The van der Waals surface area contributed by atoms with Crippen LogP contribution in [-0.2, 0) is 4.74 Å². The summed E-state index contributed by atoms with van der Waals surface area (Å²) in [6.07, 6.45) is 3.10. The predicted molar refractivity (Wildman–Crippen MR) is 84.0 cm³/mol. The Bertz CT molecular complexity index is 805. The predicted octanol–water partition coefficient (Wildman–Crippen LogP) is 2.58. The number of anilines is 1. The van der Waals surface area contributed by atoms with E-state index in [1.165, 1.54) is 0 Å². The molecule has 0 unspecified atom stereocenters. The molecule has 1 aromatic carbocycles. The van der Waals surface area contributed by atoms with Gasteiger partial charge in [0.1, 0.15) is 17.9 Å². The van der Waals surface area contributed by atoms with Crippen LogP contribution in [0.15, 0.2) is 36.9 Å². The lowest BCUT2D eigenvalue weighted by Gasteiger charge is -2.34. The van der Waals surface area contributed by atoms with Gasteiger partial charge in [0.05, 0.1) is 12.9 Å². The summed E-state index contributed by atoms with van der Waals surface area (Å²) in [7, 11) is 0. The fourth-order valence-corrected chi connectivity index (χ4v) is 3.02. The third kappa shape index (κ3) is 2.30. The summed E-state index contributed by atoms with van der Waals surface area (Å²) in [5.41, 5.74) is 2.52. The van der Waals surface area contributed by atoms with Gasteiger partial charge >= 0.3 is 0 Å². The smallest absolute Gasteiger partial charge is 0.182 e. The number of nitrogens with zero attached hydrogens (tertiary/aromatic N) is 4. The normalized spacial score (nSPS) is 18.8. The Morgan fingerprint density at radius 3 is 3.05 bits per heavy atom. The molecule has 112 valence electrons. The molecule has 3 heterocycles. The zero-order valence-electron chi connectivity index (χ0n) is 11.7. The highest BCUT2D eigenvalue weighted by Crippen LogP contribution is 2.31. The van der Waals surface area contributed by atoms with Gasteiger partial charge in [-0.1, -0.05) is 29.8 Å². The molecule has 0 amide bonds. The van der Waals surface area contributed by atoms with Crippen molar-refractivity contribution in [3.8, 4) is 0 Å². The largest absolute Gasteiger partial charge is 0.370 e. The van der Waals surface area contributed by atoms with E-state index >= 15 is 0 Å². The molecular weight excluding hydrogens is 302 g/mol. The minimum Gasteiger partial charge on any atom is -0.370 e. The lowest BCUT2D eigenvalue weighted by Crippen LogP contribution is -2.39. The van der Waals surface area contributed by atoms with Gasteiger partial charge in [-0.25, -0.2) is 15.0 Å². The fourth-order valence-electron chi connectivity index (χ4n) is 2.76. The molecule has 0 spiro atoms. The second-order valence-corrected chi connectivity index (χ2v) is 5.53. The van der Waals surface area contributed by atoms with Crippen LogP contribution in [0.3, 0.4) is 0 Å². The Balaban J connectivity index is 1.67. The van der Waals surface area contributed by atoms with E-state index in [-0.39, 0.29) is 6.10 Å². The van der Waals surface area contributed by atoms with E-state index in [0.29, 0.717) is 18.8 Å². The second-order valence-electron chi connectivity index (χ2n) is 5.13. The van der Waals surface area contributed by atoms with Gasteiger partial charge in [0, 0.05) is 23.7 Å². The van der Waals surface area contributed by atoms with Crippen molar-refractivity contribution in [2.75, 3.05) is 24.6 Å². The van der Waals surface area contributed by atoms with Crippen molar-refractivity contribution in [3.63, 3.8) is 0 Å². The quantitative estimate of drug-likeness (QED) is 0.787. The number of aromatic nitrogens is 4. The molecule has 0 saturated carbocycles. The van der Waals surface area contributed by atoms with Gasteiger partial charge in [-0.2, -0.15) is 0 Å². The third-order valence-electron chi connectivity index (χ3n) is 3.82. The number of imidazole rings is 1. The SMILES string of the molecule is Clc1ccccc1[C@H]1CN(c2ncnc3nc[nH]c23)CCO1. The van der Waals surface area contributed by atoms with Crippen molar-refractivity contribution in [2.45, 2.75) is 6.10 Å². The molecule has 7 heteroatoms. The van der Waals surface area contributed by atoms with Gasteiger partial charge in [-0.15, -0.1) is 0 Å². The number of H-pyrrole nitrogens is 1. The van der Waals surface area contributed by atoms with Crippen molar-refractivity contribution < 1.29 is 4.74 Å². The van der Waals surface area contributed by atoms with Gasteiger partial charge in [-0.3, -0.25) is 0 Å². The van der Waals surface area contributed by atoms with Crippen molar-refractivity contribution in [2.24, 2.45) is 0 Å². The molecule has 22 heavy (non-hydrogen) atoms. The molecule has 2 aromatic heterocycles. The first-order valence-electron chi connectivity index (χ1n) is 7.08. The summed E-state index contributed by atoms with van der Waals surface area (Å²) in [6, 6.07) is 7.78. The summed E-state index contributed by atoms with van der Waals surface area (Å²) >= 11 is 6.29. The van der Waals surface area contributed by atoms with Crippen LogP contribution < -0.4 is 4.90 Å². The Morgan fingerprint density at radius 1 is 1.23 bits per heavy atom. The minimum atomic E-state index is -0.0737. The van der Waals surface area contributed by atoms with E-state index < -0.39 is 0 Å². The van der Waals surface area contributed by atoms with Crippen LogP contribution in [0.1, 0.15) is 11.7 Å². The van der Waals surface area contributed by atoms with Gasteiger partial charge in [0.2, 0.25) is 0 Å². The Labute approximate surface area is 132 Å². The number of benzene rings is 1. The molecule has 1 fully saturated rings. The standard InChI is InChI=1S/C15H14ClN5O/c16-11-4-2-1-3-10(11)12-7-21(5-6-22-12)15-13-14(18-8-17-13)19-9-20-15/h1-4,8-9,12H,5-7H2,(H,17,18,19,20)/t12-/m1/s1. The molecular formula is C15H14ClN5O. The van der Waals surface area contributed by atoms with E-state index in [1.807, 2.05) is 24.3 Å². The summed E-state index contributed by atoms with van der Waals surface area (Å²) in [5.74, 6) is 0.850. The van der Waals surface area contributed by atoms with Crippen LogP contribution in [0.4, 0.5) is 5.82 Å². The van der Waals surface area contributed by atoms with E-state index in [9.17, 15) is 0 Å². The molecule has 1 N–H and O–H groups in total. The van der Waals surface area contributed by atoms with Gasteiger partial charge < -0.3 is 14.6 Å². The van der Waals surface area contributed by atoms with Crippen LogP contribution in [0.2, 0.25) is 5.02 Å². The molecule has 1 aliphatic heterocycles. The Hall–Kier alpha value is -2.18. The molecule has 4 rings (SSSR count). The first-order valence-corrected chi connectivity index (χ1v) is 7.46. The molecule has 1 aliphatic rings. The highest BCUT2D eigenvalue weighted by atomic mass is 35.5. The highest BCUT2D eigenvalue weighted by Gasteiger charge is 2.26. The Morgan fingerprint density at radius 2 is 2.14 bits per heavy atom. The van der Waals surface area contributed by atoms with Crippen molar-refractivity contribution >= 4 is 28.6 Å². The van der Waals surface area contributed by atoms with Crippen LogP contribution in [0.25, 0.3) is 11.2 Å². The maximum atomic E-state index is 6.29. The molecule has 6 nitrogen and oxygen atoms in total. The van der Waals surface area contributed by atoms with Gasteiger partial charge in [0.15, 0.2) is 11.5 Å². The third-order valence-corrected chi connectivity index (χ3v) is 4.17. The lowest BCUT2D eigenvalue weighted by molar-refractivity contribution is 0.0397. The summed E-state index contributed by atoms with van der Waals surface area (Å²) in [6.45, 7) is 2.08. The Kier molecular flexibility index (Phi) is 3.40. The molecule has 1 atom stereocenters. The van der Waals surface area contributed by atoms with E-state index in [0.717, 1.165) is 28.5 Å². The van der Waals surface area contributed by atoms with Gasteiger partial charge in [0.25, 0.3) is 0 Å². The topological polar surface area (TPSA) is 66.9 Å². The number of aromatic amines is 1. The molecule has 1 saturated heterocycles. The molecule has 3 aromatic rings. The van der Waals surface area contributed by atoms with E-state index in [2.05, 4.69) is 24.8 Å². The monoisotopic (exact) mass is 315 g/mol. The van der Waals surface area contributed by atoms with E-state index in [1.54, 1.807) is 12.7 Å². The average molecular weight is 316 g/mol. The zero-order valence-corrected chi connectivity index (χ0v) is 12.5. The number of ether oxygens (including phenoxy) is 1. The summed E-state index contributed by atoms with van der Waals surface area (Å²) in [4.78, 5) is 18.0. The number of halogens is 1. The minimum absolute atomic E-state index is 0.0737. The van der Waals surface area contributed by atoms with Crippen LogP contribution in [-0.4, -0.2) is 39.6 Å². The summed E-state index contributed by atoms with van der Waals surface area (Å²) < 4.78 is 5.89. The highest BCUT2D eigenvalue weighted by molar-refractivity contribution is 6.31. The van der Waals surface area contributed by atoms with Crippen molar-refractivity contribution in [3.05, 3.63) is 47.5 Å². The maximum Gasteiger partial charge on any atom is 0.182 e. The lowest BCUT2D eigenvalue weighted by atomic mass is 10.1. The number of morpholine rings is 1. The number of fused-ring (bicyclic) bond motifs is 1. The first-order chi connectivity index (χ1) is 10.8. The first kappa shape index (κ1) is 13.5. The summed E-state index contributed by atoms with van der Waals surface area (Å²) in [5, 5.41) is 0.726. The van der Waals surface area contributed by atoms with Crippen molar-refractivity contribution in [1.29, 1.82) is 0 Å².